The van der Waals surface area contributed by atoms with Crippen molar-refractivity contribution in [3.8, 4) is 0 Å². The zero-order chi connectivity index (χ0) is 13.8. The van der Waals surface area contributed by atoms with Crippen LogP contribution < -0.4 is 0 Å². The second kappa shape index (κ2) is 5.83. The molecule has 2 aromatic carbocycles. The molecule has 1 nitrogen and oxygen atoms in total. The van der Waals surface area contributed by atoms with E-state index in [1.807, 2.05) is 37.3 Å². The zero-order valence-electron chi connectivity index (χ0n) is 11.8. The number of carbonyl (C=O) groups excluding carboxylic acids is 1. The number of benzene rings is 2. The molecule has 0 aromatic heterocycles. The monoisotopic (exact) mass is 252 g/mol. The molecule has 1 unspecified atom stereocenters. The number of Topliss-reactive ketones (excluding diaryl/α,β-unsaturated/α-hetero) is 1. The Balaban J connectivity index is 2.18. The Morgan fingerprint density at radius 1 is 0.947 bits per heavy atom. The summed E-state index contributed by atoms with van der Waals surface area (Å²) >= 11 is 0. The summed E-state index contributed by atoms with van der Waals surface area (Å²) in [6.45, 7) is 6.24. The number of hydrogen-bond acceptors (Lipinski definition) is 1. The molecular weight excluding hydrogens is 232 g/mol. The van der Waals surface area contributed by atoms with Crippen LogP contribution in [-0.2, 0) is 6.42 Å². The topological polar surface area (TPSA) is 17.1 Å². The molecule has 0 saturated heterocycles. The Kier molecular flexibility index (Phi) is 4.16. The van der Waals surface area contributed by atoms with Gasteiger partial charge in [0.25, 0.3) is 0 Å². The van der Waals surface area contributed by atoms with E-state index in [1.54, 1.807) is 0 Å². The highest BCUT2D eigenvalue weighted by Gasteiger charge is 2.17. The molecule has 0 spiro atoms. The van der Waals surface area contributed by atoms with Gasteiger partial charge in [0.2, 0.25) is 0 Å². The fourth-order valence-corrected chi connectivity index (χ4v) is 2.46. The first kappa shape index (κ1) is 13.5. The highest BCUT2D eigenvalue weighted by atomic mass is 16.1. The third-order valence-corrected chi connectivity index (χ3v) is 3.66. The van der Waals surface area contributed by atoms with Crippen LogP contribution in [0.3, 0.4) is 0 Å². The molecule has 0 radical (unpaired) electrons. The molecular formula is C18H20O. The number of ketones is 1. The van der Waals surface area contributed by atoms with Crippen LogP contribution in [0, 0.1) is 19.8 Å². The van der Waals surface area contributed by atoms with Crippen molar-refractivity contribution in [2.45, 2.75) is 27.2 Å². The summed E-state index contributed by atoms with van der Waals surface area (Å²) in [5.41, 5.74) is 4.65. The van der Waals surface area contributed by atoms with Crippen LogP contribution in [0.25, 0.3) is 0 Å². The quantitative estimate of drug-likeness (QED) is 0.739. The summed E-state index contributed by atoms with van der Waals surface area (Å²) in [5.74, 6) is 0.241. The Morgan fingerprint density at radius 3 is 2.11 bits per heavy atom. The van der Waals surface area contributed by atoms with Crippen molar-refractivity contribution in [1.82, 2.24) is 0 Å². The summed E-state index contributed by atoms with van der Waals surface area (Å²) in [5, 5.41) is 0. The van der Waals surface area contributed by atoms with Crippen LogP contribution in [0.5, 0.6) is 0 Å². The van der Waals surface area contributed by atoms with E-state index >= 15 is 0 Å². The maximum absolute atomic E-state index is 12.4. The minimum atomic E-state index is 0.0159. The average molecular weight is 252 g/mol. The molecule has 0 aliphatic rings. The van der Waals surface area contributed by atoms with Crippen molar-refractivity contribution < 1.29 is 4.79 Å². The Labute approximate surface area is 115 Å². The average Bonchev–Trinajstić information content (AvgIpc) is 2.43. The Hall–Kier alpha value is -1.89. The second-order valence-corrected chi connectivity index (χ2v) is 5.21. The summed E-state index contributed by atoms with van der Waals surface area (Å²) in [6.07, 6.45) is 0.812. The van der Waals surface area contributed by atoms with Gasteiger partial charge in [0.05, 0.1) is 0 Å². The largest absolute Gasteiger partial charge is 0.294 e. The van der Waals surface area contributed by atoms with Crippen LogP contribution in [-0.4, -0.2) is 5.78 Å². The van der Waals surface area contributed by atoms with Gasteiger partial charge in [-0.15, -0.1) is 0 Å². The van der Waals surface area contributed by atoms with E-state index in [0.717, 1.165) is 12.0 Å². The van der Waals surface area contributed by atoms with Gasteiger partial charge < -0.3 is 0 Å². The Morgan fingerprint density at radius 2 is 1.53 bits per heavy atom. The molecule has 19 heavy (non-hydrogen) atoms. The maximum Gasteiger partial charge on any atom is 0.165 e. The lowest BCUT2D eigenvalue weighted by Gasteiger charge is -2.14. The SMILES string of the molecule is Cc1cccc(C)c1CC(C)C(=O)c1ccccc1. The number of rotatable bonds is 4. The summed E-state index contributed by atoms with van der Waals surface area (Å²) in [4.78, 5) is 12.4. The van der Waals surface area contributed by atoms with E-state index < -0.39 is 0 Å². The molecule has 1 atom stereocenters. The third-order valence-electron chi connectivity index (χ3n) is 3.66. The zero-order valence-corrected chi connectivity index (χ0v) is 11.8. The molecule has 0 N–H and O–H groups in total. The normalized spacial score (nSPS) is 12.2. The minimum Gasteiger partial charge on any atom is -0.294 e. The van der Waals surface area contributed by atoms with Gasteiger partial charge in [-0.3, -0.25) is 4.79 Å². The summed E-state index contributed by atoms with van der Waals surface area (Å²) < 4.78 is 0. The lowest BCUT2D eigenvalue weighted by Crippen LogP contribution is -2.15. The van der Waals surface area contributed by atoms with E-state index in [9.17, 15) is 4.79 Å². The predicted octanol–water partition coefficient (Wildman–Crippen LogP) is 4.36. The summed E-state index contributed by atoms with van der Waals surface area (Å²) in [7, 11) is 0. The standard InChI is InChI=1S/C18H20O/c1-13-8-7-9-14(2)17(13)12-15(3)18(19)16-10-5-4-6-11-16/h4-11,15H,12H2,1-3H3. The fourth-order valence-electron chi connectivity index (χ4n) is 2.46. The molecule has 0 saturated carbocycles. The van der Waals surface area contributed by atoms with Crippen LogP contribution in [0.2, 0.25) is 0 Å². The molecule has 0 amide bonds. The maximum atomic E-state index is 12.4. The second-order valence-electron chi connectivity index (χ2n) is 5.21. The van der Waals surface area contributed by atoms with Crippen LogP contribution in [0.15, 0.2) is 48.5 Å². The molecule has 2 rings (SSSR count). The Bertz CT molecular complexity index is 549. The van der Waals surface area contributed by atoms with E-state index in [2.05, 4.69) is 32.0 Å². The van der Waals surface area contributed by atoms with Gasteiger partial charge >= 0.3 is 0 Å². The molecule has 0 aliphatic heterocycles. The van der Waals surface area contributed by atoms with Gasteiger partial charge in [0, 0.05) is 11.5 Å². The van der Waals surface area contributed by atoms with Crippen LogP contribution in [0.1, 0.15) is 34.0 Å². The first-order chi connectivity index (χ1) is 9.09. The van der Waals surface area contributed by atoms with Gasteiger partial charge in [-0.25, -0.2) is 0 Å². The van der Waals surface area contributed by atoms with E-state index in [4.69, 9.17) is 0 Å². The lowest BCUT2D eigenvalue weighted by atomic mass is 9.89. The lowest BCUT2D eigenvalue weighted by molar-refractivity contribution is 0.0929. The van der Waals surface area contributed by atoms with E-state index in [0.29, 0.717) is 0 Å². The molecule has 98 valence electrons. The molecule has 0 heterocycles. The fraction of sp³-hybridized carbons (Fsp3) is 0.278. The smallest absolute Gasteiger partial charge is 0.165 e. The first-order valence-electron chi connectivity index (χ1n) is 6.74. The van der Waals surface area contributed by atoms with Crippen LogP contribution >= 0.6 is 0 Å². The van der Waals surface area contributed by atoms with Gasteiger partial charge in [0.1, 0.15) is 0 Å². The number of aryl methyl sites for hydroxylation is 2. The highest BCUT2D eigenvalue weighted by Crippen LogP contribution is 2.20. The minimum absolute atomic E-state index is 0.0159. The number of hydrogen-bond donors (Lipinski definition) is 0. The van der Waals surface area contributed by atoms with Crippen molar-refractivity contribution in [3.05, 3.63) is 70.8 Å². The predicted molar refractivity (Wildman–Crippen MR) is 79.6 cm³/mol. The molecule has 0 fully saturated rings. The molecule has 0 bridgehead atoms. The van der Waals surface area contributed by atoms with Crippen molar-refractivity contribution >= 4 is 5.78 Å². The van der Waals surface area contributed by atoms with Gasteiger partial charge in [0.15, 0.2) is 5.78 Å². The van der Waals surface area contributed by atoms with Gasteiger partial charge in [-0.2, -0.15) is 0 Å². The molecule has 1 heteroatoms. The van der Waals surface area contributed by atoms with Crippen LogP contribution in [0.4, 0.5) is 0 Å². The van der Waals surface area contributed by atoms with Crippen molar-refractivity contribution in [3.63, 3.8) is 0 Å². The molecule has 0 aliphatic carbocycles. The summed E-state index contributed by atoms with van der Waals surface area (Å²) in [6, 6.07) is 15.8. The van der Waals surface area contributed by atoms with Crippen molar-refractivity contribution in [1.29, 1.82) is 0 Å². The number of carbonyl (C=O) groups is 1. The highest BCUT2D eigenvalue weighted by molar-refractivity contribution is 5.97. The molecule has 2 aromatic rings. The van der Waals surface area contributed by atoms with E-state index in [-0.39, 0.29) is 11.7 Å². The van der Waals surface area contributed by atoms with Gasteiger partial charge in [-0.05, 0) is 37.0 Å². The third kappa shape index (κ3) is 3.11. The van der Waals surface area contributed by atoms with Crippen molar-refractivity contribution in [2.75, 3.05) is 0 Å². The van der Waals surface area contributed by atoms with E-state index in [1.165, 1.54) is 16.7 Å². The first-order valence-corrected chi connectivity index (χ1v) is 6.74. The van der Waals surface area contributed by atoms with Crippen molar-refractivity contribution in [2.24, 2.45) is 5.92 Å². The van der Waals surface area contributed by atoms with Gasteiger partial charge in [-0.1, -0.05) is 55.5 Å².